The first kappa shape index (κ1) is 15.7. The predicted molar refractivity (Wildman–Crippen MR) is 78.6 cm³/mol. The van der Waals surface area contributed by atoms with E-state index in [1.54, 1.807) is 16.4 Å². The summed E-state index contributed by atoms with van der Waals surface area (Å²) in [6.07, 6.45) is 1.80. The molecule has 3 nitrogen and oxygen atoms in total. The van der Waals surface area contributed by atoms with Gasteiger partial charge >= 0.3 is 0 Å². The number of halogens is 2. The molecule has 1 aliphatic rings. The Morgan fingerprint density at radius 1 is 1.35 bits per heavy atom. The van der Waals surface area contributed by atoms with Crippen molar-refractivity contribution >= 4 is 21.6 Å². The van der Waals surface area contributed by atoms with Crippen LogP contribution < -0.4 is 0 Å². The molecule has 1 aromatic carbocycles. The molecule has 112 valence electrons. The van der Waals surface area contributed by atoms with Gasteiger partial charge in [-0.2, -0.15) is 4.31 Å². The Morgan fingerprint density at radius 3 is 2.45 bits per heavy atom. The van der Waals surface area contributed by atoms with Crippen LogP contribution in [0.1, 0.15) is 25.3 Å². The molecule has 1 aliphatic carbocycles. The monoisotopic (exact) mass is 319 g/mol. The number of alkyl halides is 1. The maximum Gasteiger partial charge on any atom is 0.214 e. The number of sulfonamides is 1. The van der Waals surface area contributed by atoms with E-state index in [4.69, 9.17) is 11.6 Å². The summed E-state index contributed by atoms with van der Waals surface area (Å²) in [5.74, 6) is 0.00383. The number of rotatable bonds is 7. The highest BCUT2D eigenvalue weighted by Crippen LogP contribution is 2.31. The molecule has 0 radical (unpaired) electrons. The molecule has 0 bridgehead atoms. The summed E-state index contributed by atoms with van der Waals surface area (Å²) in [4.78, 5) is 0. The molecule has 0 aliphatic heterocycles. The molecular formula is C14H19ClFNO2S. The average Bonchev–Trinajstić information content (AvgIpc) is 3.21. The Bertz CT molecular complexity index is 543. The SMILES string of the molecule is CC(CCl)CS(=O)(=O)N(Cc1ccc(F)cc1)C1CC1. The Hall–Kier alpha value is -0.650. The molecule has 6 heteroatoms. The predicted octanol–water partition coefficient (Wildman–Crippen LogP) is 2.99. The van der Waals surface area contributed by atoms with Gasteiger partial charge in [-0.15, -0.1) is 11.6 Å². The number of hydrogen-bond donors (Lipinski definition) is 0. The molecule has 0 saturated heterocycles. The maximum absolute atomic E-state index is 12.9. The van der Waals surface area contributed by atoms with Crippen LogP contribution in [0.2, 0.25) is 0 Å². The van der Waals surface area contributed by atoms with Crippen LogP contribution in [0.25, 0.3) is 0 Å². The summed E-state index contributed by atoms with van der Waals surface area (Å²) in [6.45, 7) is 2.13. The summed E-state index contributed by atoms with van der Waals surface area (Å²) in [5.41, 5.74) is 0.806. The van der Waals surface area contributed by atoms with E-state index in [2.05, 4.69) is 0 Å². The topological polar surface area (TPSA) is 37.4 Å². The third-order valence-electron chi connectivity index (χ3n) is 3.32. The van der Waals surface area contributed by atoms with Gasteiger partial charge in [-0.25, -0.2) is 12.8 Å². The van der Waals surface area contributed by atoms with Crippen LogP contribution in [0.3, 0.4) is 0 Å². The third kappa shape index (κ3) is 4.17. The van der Waals surface area contributed by atoms with Crippen LogP contribution in [0.4, 0.5) is 4.39 Å². The van der Waals surface area contributed by atoms with E-state index in [-0.39, 0.29) is 23.5 Å². The van der Waals surface area contributed by atoms with Gasteiger partial charge in [-0.3, -0.25) is 0 Å². The lowest BCUT2D eigenvalue weighted by Gasteiger charge is -2.23. The summed E-state index contributed by atoms with van der Waals surface area (Å²) in [6, 6.07) is 6.06. The second kappa shape index (κ2) is 6.41. The van der Waals surface area contributed by atoms with Crippen molar-refractivity contribution in [3.8, 4) is 0 Å². The summed E-state index contributed by atoms with van der Waals surface area (Å²) >= 11 is 5.71. The van der Waals surface area contributed by atoms with Crippen molar-refractivity contribution in [2.75, 3.05) is 11.6 Å². The minimum absolute atomic E-state index is 0.0637. The molecular weight excluding hydrogens is 301 g/mol. The van der Waals surface area contributed by atoms with E-state index in [0.717, 1.165) is 18.4 Å². The standard InChI is InChI=1S/C14H19ClFNO2S/c1-11(8-15)10-20(18,19)17(14-6-7-14)9-12-2-4-13(16)5-3-12/h2-5,11,14H,6-10H2,1H3. The van der Waals surface area contributed by atoms with Crippen molar-refractivity contribution in [3.63, 3.8) is 0 Å². The number of nitrogens with zero attached hydrogens (tertiary/aromatic N) is 1. The van der Waals surface area contributed by atoms with Gasteiger partial charge in [-0.05, 0) is 36.5 Å². The van der Waals surface area contributed by atoms with Crippen molar-refractivity contribution in [1.82, 2.24) is 4.31 Å². The fourth-order valence-electron chi connectivity index (χ4n) is 2.09. The lowest BCUT2D eigenvalue weighted by Crippen LogP contribution is -2.36. The Kier molecular flexibility index (Phi) is 5.04. The molecule has 1 unspecified atom stereocenters. The first-order chi connectivity index (χ1) is 9.42. The van der Waals surface area contributed by atoms with Gasteiger partial charge in [0.15, 0.2) is 0 Å². The molecule has 0 spiro atoms. The van der Waals surface area contributed by atoms with Crippen molar-refractivity contribution in [2.45, 2.75) is 32.4 Å². The maximum atomic E-state index is 12.9. The van der Waals surface area contributed by atoms with Gasteiger partial charge in [-0.1, -0.05) is 19.1 Å². The van der Waals surface area contributed by atoms with E-state index >= 15 is 0 Å². The van der Waals surface area contributed by atoms with Gasteiger partial charge in [0.1, 0.15) is 5.82 Å². The highest BCUT2D eigenvalue weighted by molar-refractivity contribution is 7.89. The van der Waals surface area contributed by atoms with E-state index in [1.807, 2.05) is 6.92 Å². The largest absolute Gasteiger partial charge is 0.214 e. The molecule has 1 fully saturated rings. The van der Waals surface area contributed by atoms with E-state index in [0.29, 0.717) is 12.4 Å². The quantitative estimate of drug-likeness (QED) is 0.725. The minimum atomic E-state index is -3.32. The fourth-order valence-corrected chi connectivity index (χ4v) is 4.36. The van der Waals surface area contributed by atoms with Crippen LogP contribution in [0, 0.1) is 11.7 Å². The second-order valence-electron chi connectivity index (χ2n) is 5.44. The van der Waals surface area contributed by atoms with Crippen LogP contribution in [0.5, 0.6) is 0 Å². The zero-order valence-corrected chi connectivity index (χ0v) is 13.0. The summed E-state index contributed by atoms with van der Waals surface area (Å²) in [7, 11) is -3.32. The van der Waals surface area contributed by atoms with E-state index in [9.17, 15) is 12.8 Å². The first-order valence-electron chi connectivity index (χ1n) is 6.72. The number of benzene rings is 1. The second-order valence-corrected chi connectivity index (χ2v) is 7.72. The summed E-state index contributed by atoms with van der Waals surface area (Å²) in [5, 5.41) is 0. The van der Waals surface area contributed by atoms with Crippen molar-refractivity contribution in [2.24, 2.45) is 5.92 Å². The Morgan fingerprint density at radius 2 is 1.95 bits per heavy atom. The molecule has 1 aromatic rings. The van der Waals surface area contributed by atoms with Crippen LogP contribution in [-0.2, 0) is 16.6 Å². The van der Waals surface area contributed by atoms with Gasteiger partial charge in [0.2, 0.25) is 10.0 Å². The zero-order chi connectivity index (χ0) is 14.8. The molecule has 20 heavy (non-hydrogen) atoms. The molecule has 0 amide bonds. The summed E-state index contributed by atoms with van der Waals surface area (Å²) < 4.78 is 39.3. The van der Waals surface area contributed by atoms with Gasteiger partial charge in [0.05, 0.1) is 5.75 Å². The minimum Gasteiger partial charge on any atom is -0.212 e. The molecule has 0 N–H and O–H groups in total. The molecule has 1 atom stereocenters. The normalized spacial score (nSPS) is 17.4. The van der Waals surface area contributed by atoms with Crippen molar-refractivity contribution in [3.05, 3.63) is 35.6 Å². The first-order valence-corrected chi connectivity index (χ1v) is 8.86. The van der Waals surface area contributed by atoms with Crippen LogP contribution in [-0.4, -0.2) is 30.4 Å². The highest BCUT2D eigenvalue weighted by Gasteiger charge is 2.37. The fraction of sp³-hybridized carbons (Fsp3) is 0.571. The third-order valence-corrected chi connectivity index (χ3v) is 5.98. The average molecular weight is 320 g/mol. The van der Waals surface area contributed by atoms with Crippen molar-refractivity contribution in [1.29, 1.82) is 0 Å². The lowest BCUT2D eigenvalue weighted by atomic mass is 10.2. The van der Waals surface area contributed by atoms with Crippen molar-refractivity contribution < 1.29 is 12.8 Å². The lowest BCUT2D eigenvalue weighted by molar-refractivity contribution is 0.395. The van der Waals surface area contributed by atoms with Gasteiger partial charge in [0, 0.05) is 18.5 Å². The zero-order valence-electron chi connectivity index (χ0n) is 11.4. The van der Waals surface area contributed by atoms with Gasteiger partial charge in [0.25, 0.3) is 0 Å². The highest BCUT2D eigenvalue weighted by atomic mass is 35.5. The Balaban J connectivity index is 2.13. The molecule has 0 heterocycles. The van der Waals surface area contributed by atoms with E-state index in [1.165, 1.54) is 12.1 Å². The smallest absolute Gasteiger partial charge is 0.212 e. The van der Waals surface area contributed by atoms with Crippen LogP contribution >= 0.6 is 11.6 Å². The van der Waals surface area contributed by atoms with E-state index < -0.39 is 10.0 Å². The van der Waals surface area contributed by atoms with Crippen LogP contribution in [0.15, 0.2) is 24.3 Å². The molecule has 1 saturated carbocycles. The van der Waals surface area contributed by atoms with Gasteiger partial charge < -0.3 is 0 Å². The molecule has 2 rings (SSSR count). The Labute approximate surface area is 124 Å². The number of hydrogen-bond acceptors (Lipinski definition) is 2. The molecule has 0 aromatic heterocycles.